The SMILES string of the molecule is CCC(C)C(=O)OC(C)(C)C(C)(C)C. The first-order valence-electron chi connectivity index (χ1n) is 5.34. The average molecular weight is 200 g/mol. The van der Waals surface area contributed by atoms with Gasteiger partial charge in [-0.05, 0) is 20.3 Å². The van der Waals surface area contributed by atoms with Crippen molar-refractivity contribution >= 4 is 5.97 Å². The Morgan fingerprint density at radius 2 is 1.64 bits per heavy atom. The Balaban J connectivity index is 4.45. The summed E-state index contributed by atoms with van der Waals surface area (Å²) in [6.07, 6.45) is 0.832. The number of ether oxygens (including phenoxy) is 1. The lowest BCUT2D eigenvalue weighted by molar-refractivity contribution is -0.171. The van der Waals surface area contributed by atoms with Gasteiger partial charge in [0.15, 0.2) is 0 Å². The molecule has 0 spiro atoms. The minimum atomic E-state index is -0.409. The van der Waals surface area contributed by atoms with Crippen molar-refractivity contribution in [3.05, 3.63) is 0 Å². The van der Waals surface area contributed by atoms with Crippen LogP contribution in [-0.4, -0.2) is 11.6 Å². The number of rotatable bonds is 3. The highest BCUT2D eigenvalue weighted by Gasteiger charge is 2.37. The van der Waals surface area contributed by atoms with Crippen molar-refractivity contribution in [1.82, 2.24) is 0 Å². The van der Waals surface area contributed by atoms with Crippen LogP contribution in [0.3, 0.4) is 0 Å². The smallest absolute Gasteiger partial charge is 0.309 e. The van der Waals surface area contributed by atoms with Crippen LogP contribution in [0.15, 0.2) is 0 Å². The van der Waals surface area contributed by atoms with Crippen LogP contribution in [0.2, 0.25) is 0 Å². The molecule has 1 unspecified atom stereocenters. The van der Waals surface area contributed by atoms with E-state index in [1.54, 1.807) is 0 Å². The van der Waals surface area contributed by atoms with Crippen molar-refractivity contribution in [1.29, 1.82) is 0 Å². The van der Waals surface area contributed by atoms with Gasteiger partial charge in [0.2, 0.25) is 0 Å². The van der Waals surface area contributed by atoms with Gasteiger partial charge in [-0.15, -0.1) is 0 Å². The Bertz CT molecular complexity index is 199. The molecule has 0 saturated carbocycles. The second-order valence-corrected chi connectivity index (χ2v) is 5.49. The van der Waals surface area contributed by atoms with Crippen LogP contribution in [0, 0.1) is 11.3 Å². The van der Waals surface area contributed by atoms with Crippen LogP contribution in [0.4, 0.5) is 0 Å². The van der Waals surface area contributed by atoms with Crippen LogP contribution in [-0.2, 0) is 9.53 Å². The fourth-order valence-electron chi connectivity index (χ4n) is 0.672. The molecule has 14 heavy (non-hydrogen) atoms. The summed E-state index contributed by atoms with van der Waals surface area (Å²) in [6, 6.07) is 0. The molecular weight excluding hydrogens is 176 g/mol. The Kier molecular flexibility index (Phi) is 4.16. The van der Waals surface area contributed by atoms with Gasteiger partial charge >= 0.3 is 5.97 Å². The van der Waals surface area contributed by atoms with Crippen molar-refractivity contribution in [3.8, 4) is 0 Å². The standard InChI is InChI=1S/C12H24O2/c1-8-9(2)10(13)14-12(6,7)11(3,4)5/h9H,8H2,1-7H3. The van der Waals surface area contributed by atoms with E-state index in [1.165, 1.54) is 0 Å². The number of hydrogen-bond donors (Lipinski definition) is 0. The predicted octanol–water partition coefficient (Wildman–Crippen LogP) is 3.40. The fraction of sp³-hybridized carbons (Fsp3) is 0.917. The van der Waals surface area contributed by atoms with Gasteiger partial charge < -0.3 is 4.74 Å². The molecule has 0 aromatic heterocycles. The highest BCUT2D eigenvalue weighted by atomic mass is 16.6. The minimum Gasteiger partial charge on any atom is -0.459 e. The van der Waals surface area contributed by atoms with Gasteiger partial charge in [0, 0.05) is 5.41 Å². The van der Waals surface area contributed by atoms with E-state index in [-0.39, 0.29) is 17.3 Å². The van der Waals surface area contributed by atoms with Crippen LogP contribution in [0.5, 0.6) is 0 Å². The first kappa shape index (κ1) is 13.5. The van der Waals surface area contributed by atoms with Crippen LogP contribution in [0.25, 0.3) is 0 Å². The van der Waals surface area contributed by atoms with Crippen molar-refractivity contribution in [2.75, 3.05) is 0 Å². The second kappa shape index (κ2) is 4.33. The number of esters is 1. The Hall–Kier alpha value is -0.530. The van der Waals surface area contributed by atoms with Crippen LogP contribution in [0.1, 0.15) is 54.9 Å². The maximum Gasteiger partial charge on any atom is 0.309 e. The molecule has 0 aliphatic heterocycles. The quantitative estimate of drug-likeness (QED) is 0.653. The van der Waals surface area contributed by atoms with Gasteiger partial charge in [-0.3, -0.25) is 4.79 Å². The van der Waals surface area contributed by atoms with Crippen molar-refractivity contribution in [2.24, 2.45) is 11.3 Å². The third kappa shape index (κ3) is 3.32. The third-order valence-electron chi connectivity index (χ3n) is 3.18. The molecule has 84 valence electrons. The lowest BCUT2D eigenvalue weighted by Crippen LogP contribution is -2.42. The highest BCUT2D eigenvalue weighted by molar-refractivity contribution is 5.72. The minimum absolute atomic E-state index is 0.00313. The van der Waals surface area contributed by atoms with Gasteiger partial charge in [0.1, 0.15) is 5.60 Å². The summed E-state index contributed by atoms with van der Waals surface area (Å²) in [5, 5.41) is 0. The molecule has 0 aromatic carbocycles. The molecule has 2 heteroatoms. The first-order chi connectivity index (χ1) is 6.12. The van der Waals surface area contributed by atoms with Gasteiger partial charge in [-0.2, -0.15) is 0 Å². The topological polar surface area (TPSA) is 26.3 Å². The van der Waals surface area contributed by atoms with Gasteiger partial charge in [-0.25, -0.2) is 0 Å². The molecule has 0 amide bonds. The monoisotopic (exact) mass is 200 g/mol. The van der Waals surface area contributed by atoms with Crippen LogP contribution < -0.4 is 0 Å². The summed E-state index contributed by atoms with van der Waals surface area (Å²) < 4.78 is 5.52. The third-order valence-corrected chi connectivity index (χ3v) is 3.18. The van der Waals surface area contributed by atoms with Gasteiger partial charge in [0.05, 0.1) is 5.92 Å². The highest BCUT2D eigenvalue weighted by Crippen LogP contribution is 2.33. The normalized spacial score (nSPS) is 15.1. The van der Waals surface area contributed by atoms with Crippen LogP contribution >= 0.6 is 0 Å². The van der Waals surface area contributed by atoms with E-state index in [4.69, 9.17) is 4.74 Å². The molecule has 0 heterocycles. The van der Waals surface area contributed by atoms with E-state index in [9.17, 15) is 4.79 Å². The number of hydrogen-bond acceptors (Lipinski definition) is 2. The lowest BCUT2D eigenvalue weighted by atomic mass is 9.79. The molecule has 2 nitrogen and oxygen atoms in total. The van der Waals surface area contributed by atoms with E-state index >= 15 is 0 Å². The largest absolute Gasteiger partial charge is 0.459 e. The van der Waals surface area contributed by atoms with E-state index < -0.39 is 5.60 Å². The zero-order valence-electron chi connectivity index (χ0n) is 10.6. The van der Waals surface area contributed by atoms with E-state index in [1.807, 2.05) is 27.7 Å². The molecule has 0 aliphatic rings. The fourth-order valence-corrected chi connectivity index (χ4v) is 0.672. The Morgan fingerprint density at radius 1 is 1.21 bits per heavy atom. The Morgan fingerprint density at radius 3 is 1.93 bits per heavy atom. The van der Waals surface area contributed by atoms with Crippen molar-refractivity contribution in [2.45, 2.75) is 60.5 Å². The number of carbonyl (C=O) groups is 1. The van der Waals surface area contributed by atoms with Crippen molar-refractivity contribution < 1.29 is 9.53 Å². The number of carbonyl (C=O) groups excluding carboxylic acids is 1. The molecule has 0 N–H and O–H groups in total. The molecule has 0 radical (unpaired) electrons. The predicted molar refractivity (Wildman–Crippen MR) is 59.1 cm³/mol. The summed E-state index contributed by atoms with van der Waals surface area (Å²) in [7, 11) is 0. The van der Waals surface area contributed by atoms with Crippen molar-refractivity contribution in [3.63, 3.8) is 0 Å². The summed E-state index contributed by atoms with van der Waals surface area (Å²) in [6.45, 7) is 14.1. The average Bonchev–Trinajstić information content (AvgIpc) is 2.00. The second-order valence-electron chi connectivity index (χ2n) is 5.49. The maximum absolute atomic E-state index is 11.6. The maximum atomic E-state index is 11.6. The van der Waals surface area contributed by atoms with Gasteiger partial charge in [0.25, 0.3) is 0 Å². The molecule has 0 rings (SSSR count). The zero-order valence-corrected chi connectivity index (χ0v) is 10.6. The van der Waals surface area contributed by atoms with Gasteiger partial charge in [-0.1, -0.05) is 34.6 Å². The van der Waals surface area contributed by atoms with E-state index in [0.717, 1.165) is 6.42 Å². The molecule has 0 aromatic rings. The summed E-state index contributed by atoms with van der Waals surface area (Å²) >= 11 is 0. The Labute approximate surface area is 88.0 Å². The molecule has 0 saturated heterocycles. The molecular formula is C12H24O2. The molecule has 0 aliphatic carbocycles. The summed E-state index contributed by atoms with van der Waals surface area (Å²) in [4.78, 5) is 11.6. The summed E-state index contributed by atoms with van der Waals surface area (Å²) in [5.74, 6) is -0.0935. The molecule has 0 fully saturated rings. The molecule has 1 atom stereocenters. The van der Waals surface area contributed by atoms with E-state index in [2.05, 4.69) is 20.8 Å². The molecule has 0 bridgehead atoms. The first-order valence-corrected chi connectivity index (χ1v) is 5.34. The van der Waals surface area contributed by atoms with E-state index in [0.29, 0.717) is 0 Å². The zero-order chi connectivity index (χ0) is 11.6. The lowest BCUT2D eigenvalue weighted by Gasteiger charge is -2.38. The summed E-state index contributed by atoms with van der Waals surface area (Å²) in [5.41, 5.74) is -0.441.